The molecule has 0 spiro atoms. The molecule has 0 unspecified atom stereocenters. The second-order valence-corrected chi connectivity index (χ2v) is 7.15. The zero-order valence-corrected chi connectivity index (χ0v) is 14.8. The Morgan fingerprint density at radius 3 is 2.36 bits per heavy atom. The van der Waals surface area contributed by atoms with Gasteiger partial charge in [0, 0.05) is 11.8 Å². The smallest absolute Gasteiger partial charge is 0.416 e. The van der Waals surface area contributed by atoms with Crippen molar-refractivity contribution in [2.45, 2.75) is 31.8 Å². The second kappa shape index (κ2) is 6.95. The number of sulfonamides is 1. The Hall–Kier alpha value is -2.22. The van der Waals surface area contributed by atoms with Gasteiger partial charge in [-0.1, -0.05) is 12.1 Å². The van der Waals surface area contributed by atoms with Crippen LogP contribution in [0.5, 0.6) is 5.75 Å². The van der Waals surface area contributed by atoms with Gasteiger partial charge in [-0.15, -0.1) is 0 Å². The standard InChI is InChI=1S/C17H18F3NO3S/c1-4-24-15-10-16(12(3)8-11(15)2)25(22,23)21-14-7-5-6-13(9-14)17(18,19)20/h5-10,21H,4H2,1-3H3. The van der Waals surface area contributed by atoms with Gasteiger partial charge in [-0.05, 0) is 50.1 Å². The molecular formula is C17H18F3NO3S. The molecule has 136 valence electrons. The number of rotatable bonds is 5. The third-order valence-corrected chi connectivity index (χ3v) is 5.03. The van der Waals surface area contributed by atoms with Gasteiger partial charge in [0.2, 0.25) is 0 Å². The molecule has 0 heterocycles. The first-order chi connectivity index (χ1) is 11.5. The predicted molar refractivity (Wildman–Crippen MR) is 89.3 cm³/mol. The topological polar surface area (TPSA) is 55.4 Å². The van der Waals surface area contributed by atoms with E-state index in [4.69, 9.17) is 4.74 Å². The van der Waals surface area contributed by atoms with Crippen LogP contribution in [0.2, 0.25) is 0 Å². The van der Waals surface area contributed by atoms with Gasteiger partial charge in [-0.2, -0.15) is 13.2 Å². The van der Waals surface area contributed by atoms with Gasteiger partial charge in [0.15, 0.2) is 0 Å². The Morgan fingerprint density at radius 1 is 1.08 bits per heavy atom. The van der Waals surface area contributed by atoms with E-state index in [-0.39, 0.29) is 10.6 Å². The van der Waals surface area contributed by atoms with Gasteiger partial charge in [0.25, 0.3) is 10.0 Å². The minimum Gasteiger partial charge on any atom is -0.494 e. The summed E-state index contributed by atoms with van der Waals surface area (Å²) in [5, 5.41) is 0. The molecule has 0 radical (unpaired) electrons. The summed E-state index contributed by atoms with van der Waals surface area (Å²) in [6, 6.07) is 7.08. The first kappa shape index (κ1) is 19.1. The third kappa shape index (κ3) is 4.45. The zero-order valence-electron chi connectivity index (χ0n) is 13.9. The average Bonchev–Trinajstić information content (AvgIpc) is 2.49. The first-order valence-corrected chi connectivity index (χ1v) is 8.97. The van der Waals surface area contributed by atoms with Gasteiger partial charge < -0.3 is 4.74 Å². The maximum atomic E-state index is 12.8. The maximum Gasteiger partial charge on any atom is 0.416 e. The molecule has 0 atom stereocenters. The number of hydrogen-bond acceptors (Lipinski definition) is 3. The van der Waals surface area contributed by atoms with Crippen molar-refractivity contribution >= 4 is 15.7 Å². The Kier molecular flexibility index (Phi) is 5.31. The lowest BCUT2D eigenvalue weighted by atomic mass is 10.1. The quantitative estimate of drug-likeness (QED) is 0.838. The molecule has 2 rings (SSSR count). The molecule has 0 aliphatic heterocycles. The summed E-state index contributed by atoms with van der Waals surface area (Å²) in [5.74, 6) is 0.414. The molecule has 0 fully saturated rings. The van der Waals surface area contributed by atoms with Crippen LogP contribution in [0.3, 0.4) is 0 Å². The molecule has 0 bridgehead atoms. The van der Waals surface area contributed by atoms with Gasteiger partial charge in [-0.3, -0.25) is 4.72 Å². The second-order valence-electron chi connectivity index (χ2n) is 5.50. The summed E-state index contributed by atoms with van der Waals surface area (Å²) in [4.78, 5) is -0.0426. The highest BCUT2D eigenvalue weighted by atomic mass is 32.2. The SMILES string of the molecule is CCOc1cc(S(=O)(=O)Nc2cccc(C(F)(F)F)c2)c(C)cc1C. The monoisotopic (exact) mass is 373 g/mol. The van der Waals surface area contributed by atoms with Gasteiger partial charge in [-0.25, -0.2) is 8.42 Å². The molecule has 0 aliphatic rings. The normalized spacial score (nSPS) is 12.1. The van der Waals surface area contributed by atoms with Crippen LogP contribution in [-0.2, 0) is 16.2 Å². The lowest BCUT2D eigenvalue weighted by molar-refractivity contribution is -0.137. The number of aryl methyl sites for hydroxylation is 2. The maximum absolute atomic E-state index is 12.8. The van der Waals surface area contributed by atoms with Crippen LogP contribution in [0.1, 0.15) is 23.6 Å². The van der Waals surface area contributed by atoms with Gasteiger partial charge in [0.05, 0.1) is 17.1 Å². The fourth-order valence-electron chi connectivity index (χ4n) is 2.38. The van der Waals surface area contributed by atoms with E-state index in [1.54, 1.807) is 26.8 Å². The van der Waals surface area contributed by atoms with Crippen LogP contribution in [0, 0.1) is 13.8 Å². The molecule has 25 heavy (non-hydrogen) atoms. The number of hydrogen-bond donors (Lipinski definition) is 1. The molecule has 2 aromatic carbocycles. The number of halogens is 3. The molecule has 0 saturated heterocycles. The van der Waals surface area contributed by atoms with Gasteiger partial charge in [0.1, 0.15) is 5.75 Å². The lowest BCUT2D eigenvalue weighted by Gasteiger charge is -2.15. The number of anilines is 1. The first-order valence-electron chi connectivity index (χ1n) is 7.48. The zero-order chi connectivity index (χ0) is 18.8. The highest BCUT2D eigenvalue weighted by Crippen LogP contribution is 2.32. The van der Waals surface area contributed by atoms with Crippen molar-refractivity contribution in [1.29, 1.82) is 0 Å². The minimum absolute atomic E-state index is 0.0426. The van der Waals surface area contributed by atoms with Crippen molar-refractivity contribution in [3.63, 3.8) is 0 Å². The van der Waals surface area contributed by atoms with E-state index < -0.39 is 21.8 Å². The van der Waals surface area contributed by atoms with Crippen LogP contribution < -0.4 is 9.46 Å². The van der Waals surface area contributed by atoms with Crippen molar-refractivity contribution in [2.75, 3.05) is 11.3 Å². The minimum atomic E-state index is -4.55. The van der Waals surface area contributed by atoms with E-state index in [2.05, 4.69) is 4.72 Å². The predicted octanol–water partition coefficient (Wildman–Crippen LogP) is 4.52. The molecule has 4 nitrogen and oxygen atoms in total. The van der Waals surface area contributed by atoms with Crippen LogP contribution in [0.15, 0.2) is 41.3 Å². The third-order valence-electron chi connectivity index (χ3n) is 3.50. The van der Waals surface area contributed by atoms with Crippen molar-refractivity contribution in [3.05, 3.63) is 53.1 Å². The van der Waals surface area contributed by atoms with Crippen LogP contribution in [0.25, 0.3) is 0 Å². The number of alkyl halides is 3. The van der Waals surface area contributed by atoms with E-state index in [9.17, 15) is 21.6 Å². The molecule has 0 amide bonds. The van der Waals surface area contributed by atoms with Crippen molar-refractivity contribution in [2.24, 2.45) is 0 Å². The summed E-state index contributed by atoms with van der Waals surface area (Å²) in [6.07, 6.45) is -4.55. The van der Waals surface area contributed by atoms with Crippen LogP contribution in [0.4, 0.5) is 18.9 Å². The van der Waals surface area contributed by atoms with E-state index in [0.717, 1.165) is 23.8 Å². The molecule has 0 aromatic heterocycles. The van der Waals surface area contributed by atoms with E-state index in [1.165, 1.54) is 12.1 Å². The Bertz CT molecular complexity index is 877. The summed E-state index contributed by atoms with van der Waals surface area (Å²) in [7, 11) is -4.06. The van der Waals surface area contributed by atoms with Crippen molar-refractivity contribution < 1.29 is 26.3 Å². The summed E-state index contributed by atoms with van der Waals surface area (Å²) in [6.45, 7) is 5.54. The highest BCUT2D eigenvalue weighted by Gasteiger charge is 2.31. The molecule has 2 aromatic rings. The van der Waals surface area contributed by atoms with Gasteiger partial charge >= 0.3 is 6.18 Å². The van der Waals surface area contributed by atoms with Crippen LogP contribution >= 0.6 is 0 Å². The van der Waals surface area contributed by atoms with Crippen molar-refractivity contribution in [3.8, 4) is 5.75 Å². The number of ether oxygens (including phenoxy) is 1. The van der Waals surface area contributed by atoms with E-state index >= 15 is 0 Å². The van der Waals surface area contributed by atoms with Crippen molar-refractivity contribution in [1.82, 2.24) is 0 Å². The Balaban J connectivity index is 2.42. The molecule has 0 aliphatic carbocycles. The fraction of sp³-hybridized carbons (Fsp3) is 0.294. The number of benzene rings is 2. The highest BCUT2D eigenvalue weighted by molar-refractivity contribution is 7.92. The summed E-state index contributed by atoms with van der Waals surface area (Å²) in [5.41, 5.74) is 0.161. The average molecular weight is 373 g/mol. The molecule has 8 heteroatoms. The van der Waals surface area contributed by atoms with E-state index in [0.29, 0.717) is 17.9 Å². The van der Waals surface area contributed by atoms with Crippen LogP contribution in [-0.4, -0.2) is 15.0 Å². The molecular weight excluding hydrogens is 355 g/mol. The summed E-state index contributed by atoms with van der Waals surface area (Å²) < 4.78 is 71.1. The lowest BCUT2D eigenvalue weighted by Crippen LogP contribution is -2.15. The van der Waals surface area contributed by atoms with E-state index in [1.807, 2.05) is 0 Å². The fourth-order valence-corrected chi connectivity index (χ4v) is 3.68. The molecule has 1 N–H and O–H groups in total. The molecule has 0 saturated carbocycles. The number of nitrogens with one attached hydrogen (secondary N) is 1. The summed E-state index contributed by atoms with van der Waals surface area (Å²) >= 11 is 0. The largest absolute Gasteiger partial charge is 0.494 e. The Labute approximate surface area is 144 Å². The Morgan fingerprint density at radius 2 is 1.76 bits per heavy atom.